The van der Waals surface area contributed by atoms with Gasteiger partial charge < -0.3 is 24.4 Å². The van der Waals surface area contributed by atoms with Crippen molar-refractivity contribution >= 4 is 5.97 Å². The van der Waals surface area contributed by atoms with Crippen molar-refractivity contribution in [3.63, 3.8) is 0 Å². The SMILES string of the molecule is C1CCOC1.COc1ccc(Cc2ccccc2C(=O)O)cc1.COc1ccc(Cc2ccccc2CO)cc1. The molecule has 1 fully saturated rings. The van der Waals surface area contributed by atoms with E-state index in [0.717, 1.165) is 47.8 Å². The minimum absolute atomic E-state index is 0.0896. The summed E-state index contributed by atoms with van der Waals surface area (Å²) >= 11 is 0. The predicted molar refractivity (Wildman–Crippen MR) is 157 cm³/mol. The van der Waals surface area contributed by atoms with Crippen LogP contribution < -0.4 is 9.47 Å². The first-order valence-electron chi connectivity index (χ1n) is 13.4. The van der Waals surface area contributed by atoms with Crippen molar-refractivity contribution in [2.24, 2.45) is 0 Å². The maximum Gasteiger partial charge on any atom is 0.335 e. The topological polar surface area (TPSA) is 85.2 Å². The van der Waals surface area contributed by atoms with Gasteiger partial charge in [0.25, 0.3) is 0 Å². The molecule has 40 heavy (non-hydrogen) atoms. The summed E-state index contributed by atoms with van der Waals surface area (Å²) in [6.45, 7) is 2.09. The number of carboxylic acid groups (broad SMARTS) is 1. The van der Waals surface area contributed by atoms with Crippen LogP contribution in [0.25, 0.3) is 0 Å². The molecule has 0 atom stereocenters. The summed E-state index contributed by atoms with van der Waals surface area (Å²) in [5, 5.41) is 18.4. The average molecular weight is 543 g/mol. The molecule has 4 aromatic rings. The molecule has 6 nitrogen and oxygen atoms in total. The molecule has 2 N–H and O–H groups in total. The number of carbonyl (C=O) groups is 1. The van der Waals surface area contributed by atoms with Gasteiger partial charge in [-0.25, -0.2) is 4.79 Å². The molecule has 1 aliphatic rings. The van der Waals surface area contributed by atoms with Gasteiger partial charge in [0.15, 0.2) is 0 Å². The van der Waals surface area contributed by atoms with Gasteiger partial charge in [-0.3, -0.25) is 0 Å². The van der Waals surface area contributed by atoms with E-state index in [0.29, 0.717) is 12.0 Å². The Kier molecular flexibility index (Phi) is 12.7. The number of hydrogen-bond acceptors (Lipinski definition) is 5. The number of ether oxygens (including phenoxy) is 3. The van der Waals surface area contributed by atoms with Crippen LogP contribution in [0, 0.1) is 0 Å². The van der Waals surface area contributed by atoms with Gasteiger partial charge >= 0.3 is 5.97 Å². The molecule has 4 aromatic carbocycles. The molecule has 210 valence electrons. The smallest absolute Gasteiger partial charge is 0.335 e. The molecule has 1 heterocycles. The summed E-state index contributed by atoms with van der Waals surface area (Å²) < 4.78 is 15.2. The number of aliphatic hydroxyl groups is 1. The summed E-state index contributed by atoms with van der Waals surface area (Å²) in [6.07, 6.45) is 3.99. The number of hydrogen-bond donors (Lipinski definition) is 2. The van der Waals surface area contributed by atoms with Crippen LogP contribution in [0.3, 0.4) is 0 Å². The zero-order valence-electron chi connectivity index (χ0n) is 23.2. The van der Waals surface area contributed by atoms with Crippen molar-refractivity contribution in [2.45, 2.75) is 32.3 Å². The number of methoxy groups -OCH3 is 2. The second-order valence-corrected chi connectivity index (χ2v) is 9.26. The fourth-order valence-electron chi connectivity index (χ4n) is 4.20. The van der Waals surface area contributed by atoms with Crippen LogP contribution in [0.2, 0.25) is 0 Å². The maximum atomic E-state index is 11.1. The van der Waals surface area contributed by atoms with E-state index in [4.69, 9.17) is 19.3 Å². The summed E-state index contributed by atoms with van der Waals surface area (Å²) in [5.41, 5.74) is 5.60. The van der Waals surface area contributed by atoms with Crippen molar-refractivity contribution < 1.29 is 29.2 Å². The van der Waals surface area contributed by atoms with Gasteiger partial charge in [-0.2, -0.15) is 0 Å². The third kappa shape index (κ3) is 9.88. The lowest BCUT2D eigenvalue weighted by atomic mass is 10.00. The molecule has 0 spiro atoms. The average Bonchev–Trinajstić information content (AvgIpc) is 3.59. The van der Waals surface area contributed by atoms with Crippen LogP contribution in [0.15, 0.2) is 97.1 Å². The van der Waals surface area contributed by atoms with Crippen LogP contribution in [-0.4, -0.2) is 43.6 Å². The minimum atomic E-state index is -0.890. The standard InChI is InChI=1S/C15H14O3.C15H16O2.C4H8O/c1-18-13-8-6-11(7-9-13)10-12-4-2-3-5-14(12)15(16)17;1-17-15-8-6-12(7-9-15)10-13-4-2-3-5-14(13)11-16;1-2-4-5-3-1/h2-9H,10H2,1H3,(H,16,17);2-9,16H,10-11H2,1H3;1-4H2. The quantitative estimate of drug-likeness (QED) is 0.262. The van der Waals surface area contributed by atoms with E-state index in [1.54, 1.807) is 26.4 Å². The molecule has 0 unspecified atom stereocenters. The van der Waals surface area contributed by atoms with Crippen molar-refractivity contribution in [3.8, 4) is 11.5 Å². The largest absolute Gasteiger partial charge is 0.497 e. The molecule has 1 saturated heterocycles. The lowest BCUT2D eigenvalue weighted by molar-refractivity contribution is 0.0696. The second-order valence-electron chi connectivity index (χ2n) is 9.26. The Bertz CT molecular complexity index is 1290. The maximum absolute atomic E-state index is 11.1. The van der Waals surface area contributed by atoms with Gasteiger partial charge in [-0.1, -0.05) is 66.7 Å². The van der Waals surface area contributed by atoms with Crippen LogP contribution in [0.1, 0.15) is 51.0 Å². The first-order valence-corrected chi connectivity index (χ1v) is 13.4. The van der Waals surface area contributed by atoms with Gasteiger partial charge in [-0.05, 0) is 83.8 Å². The first-order chi connectivity index (χ1) is 19.5. The fourth-order valence-corrected chi connectivity index (χ4v) is 4.20. The van der Waals surface area contributed by atoms with Crippen molar-refractivity contribution in [3.05, 3.63) is 130 Å². The van der Waals surface area contributed by atoms with Crippen molar-refractivity contribution in [1.29, 1.82) is 0 Å². The van der Waals surface area contributed by atoms with Gasteiger partial charge in [-0.15, -0.1) is 0 Å². The molecule has 6 heteroatoms. The monoisotopic (exact) mass is 542 g/mol. The fraction of sp³-hybridized carbons (Fsp3) is 0.265. The molecular weight excluding hydrogens is 504 g/mol. The van der Waals surface area contributed by atoms with Crippen molar-refractivity contribution in [2.75, 3.05) is 27.4 Å². The van der Waals surface area contributed by atoms with E-state index < -0.39 is 5.97 Å². The van der Waals surface area contributed by atoms with Crippen LogP contribution >= 0.6 is 0 Å². The molecule has 5 rings (SSSR count). The molecule has 0 amide bonds. The summed E-state index contributed by atoms with van der Waals surface area (Å²) in [7, 11) is 3.28. The zero-order chi connectivity index (χ0) is 28.6. The molecule has 0 bridgehead atoms. The van der Waals surface area contributed by atoms with Crippen LogP contribution in [0.5, 0.6) is 11.5 Å². The highest BCUT2D eigenvalue weighted by molar-refractivity contribution is 5.89. The Labute approximate surface area is 236 Å². The first kappa shape index (κ1) is 30.4. The third-order valence-electron chi connectivity index (χ3n) is 6.47. The van der Waals surface area contributed by atoms with Crippen molar-refractivity contribution in [1.82, 2.24) is 0 Å². The van der Waals surface area contributed by atoms with E-state index >= 15 is 0 Å². The van der Waals surface area contributed by atoms with Gasteiger partial charge in [0, 0.05) is 13.2 Å². The third-order valence-corrected chi connectivity index (χ3v) is 6.47. The minimum Gasteiger partial charge on any atom is -0.497 e. The Balaban J connectivity index is 0.000000188. The predicted octanol–water partition coefficient (Wildman–Crippen LogP) is 6.56. The highest BCUT2D eigenvalue weighted by Gasteiger charge is 2.09. The molecule has 1 aliphatic heterocycles. The normalized spacial score (nSPS) is 11.9. The van der Waals surface area contributed by atoms with E-state index in [1.165, 1.54) is 24.0 Å². The van der Waals surface area contributed by atoms with E-state index in [9.17, 15) is 9.90 Å². The number of rotatable bonds is 8. The van der Waals surface area contributed by atoms with Crippen LogP contribution in [0.4, 0.5) is 0 Å². The molecule has 0 saturated carbocycles. The number of carboxylic acids is 1. The van der Waals surface area contributed by atoms with E-state index in [2.05, 4.69) is 6.07 Å². The van der Waals surface area contributed by atoms with Crippen LogP contribution in [-0.2, 0) is 24.2 Å². The molecule has 0 aromatic heterocycles. The number of benzene rings is 4. The Morgan fingerprint density at radius 2 is 1.12 bits per heavy atom. The lowest BCUT2D eigenvalue weighted by Gasteiger charge is -2.07. The molecule has 0 radical (unpaired) electrons. The Morgan fingerprint density at radius 1 is 0.675 bits per heavy atom. The van der Waals surface area contributed by atoms with Gasteiger partial charge in [0.05, 0.1) is 26.4 Å². The highest BCUT2D eigenvalue weighted by atomic mass is 16.5. The number of aliphatic hydroxyl groups excluding tert-OH is 1. The lowest BCUT2D eigenvalue weighted by Crippen LogP contribution is -2.02. The summed E-state index contributed by atoms with van der Waals surface area (Å²) in [5.74, 6) is 0.772. The summed E-state index contributed by atoms with van der Waals surface area (Å²) in [4.78, 5) is 11.1. The second kappa shape index (κ2) is 16.7. The summed E-state index contributed by atoms with van der Waals surface area (Å²) in [6, 6.07) is 30.6. The van der Waals surface area contributed by atoms with E-state index in [-0.39, 0.29) is 6.61 Å². The highest BCUT2D eigenvalue weighted by Crippen LogP contribution is 2.19. The molecular formula is C34H38O6. The molecule has 0 aliphatic carbocycles. The Hall–Kier alpha value is -4.13. The number of aromatic carboxylic acids is 1. The van der Waals surface area contributed by atoms with Gasteiger partial charge in [0.2, 0.25) is 0 Å². The van der Waals surface area contributed by atoms with E-state index in [1.807, 2.05) is 78.9 Å². The zero-order valence-corrected chi connectivity index (χ0v) is 23.2. The van der Waals surface area contributed by atoms with Gasteiger partial charge in [0.1, 0.15) is 11.5 Å². The Morgan fingerprint density at radius 3 is 1.55 bits per heavy atom.